The quantitative estimate of drug-likeness (QED) is 0.492. The van der Waals surface area contributed by atoms with Gasteiger partial charge in [0.15, 0.2) is 6.61 Å². The summed E-state index contributed by atoms with van der Waals surface area (Å²) < 4.78 is 50.9. The molecule has 1 amide bonds. The van der Waals surface area contributed by atoms with E-state index < -0.39 is 39.2 Å². The average molecular weight is 469 g/mol. The first-order valence-corrected chi connectivity index (χ1v) is 12.0. The van der Waals surface area contributed by atoms with Crippen LogP contribution in [-0.2, 0) is 24.3 Å². The molecular weight excluding hydrogens is 447 g/mol. The molecule has 0 unspecified atom stereocenters. The third-order valence-electron chi connectivity index (χ3n) is 4.44. The predicted octanol–water partition coefficient (Wildman–Crippen LogP) is 2.36. The van der Waals surface area contributed by atoms with Gasteiger partial charge in [0, 0.05) is 23.7 Å². The first-order chi connectivity index (χ1) is 14.8. The van der Waals surface area contributed by atoms with Crippen LogP contribution in [-0.4, -0.2) is 63.8 Å². The van der Waals surface area contributed by atoms with Crippen molar-refractivity contribution in [1.82, 2.24) is 4.31 Å². The van der Waals surface area contributed by atoms with E-state index >= 15 is 0 Å². The average Bonchev–Trinajstić information content (AvgIpc) is 2.78. The summed E-state index contributed by atoms with van der Waals surface area (Å²) in [5.74, 6) is -2.48. The van der Waals surface area contributed by atoms with Crippen LogP contribution < -0.4 is 5.32 Å². The predicted molar refractivity (Wildman–Crippen MR) is 113 cm³/mol. The zero-order valence-electron chi connectivity index (χ0n) is 16.7. The second-order valence-electron chi connectivity index (χ2n) is 6.52. The molecule has 0 aromatic heterocycles. The number of amides is 1. The lowest BCUT2D eigenvalue weighted by Crippen LogP contribution is -2.41. The van der Waals surface area contributed by atoms with Gasteiger partial charge in [0.2, 0.25) is 10.0 Å². The van der Waals surface area contributed by atoms with Gasteiger partial charge in [-0.25, -0.2) is 17.6 Å². The standard InChI is InChI=1S/C20H21FN2O6S2/c1-30-16-4-2-3-15(12-16)22-19(24)13-29-20(25)14-5-6-17(21)18(11-14)31(26,27)23-7-9-28-10-8-23/h2-6,11-12H,7-10,13H2,1H3,(H,22,24). The van der Waals surface area contributed by atoms with E-state index in [1.165, 1.54) is 11.8 Å². The third kappa shape index (κ3) is 5.82. The molecule has 8 nitrogen and oxygen atoms in total. The number of nitrogens with zero attached hydrogens (tertiary/aromatic N) is 1. The largest absolute Gasteiger partial charge is 0.452 e. The van der Waals surface area contributed by atoms with Crippen LogP contribution in [0, 0.1) is 5.82 Å². The maximum absolute atomic E-state index is 14.2. The third-order valence-corrected chi connectivity index (χ3v) is 7.08. The molecule has 11 heteroatoms. The number of sulfonamides is 1. The Kier molecular flexibility index (Phi) is 7.65. The lowest BCUT2D eigenvalue weighted by molar-refractivity contribution is -0.119. The summed E-state index contributed by atoms with van der Waals surface area (Å²) in [7, 11) is -4.14. The van der Waals surface area contributed by atoms with Crippen LogP contribution >= 0.6 is 11.8 Å². The van der Waals surface area contributed by atoms with Crippen molar-refractivity contribution in [3.63, 3.8) is 0 Å². The van der Waals surface area contributed by atoms with Crippen LogP contribution in [0.15, 0.2) is 52.3 Å². The number of morpholine rings is 1. The molecule has 1 N–H and O–H groups in total. The van der Waals surface area contributed by atoms with E-state index in [-0.39, 0.29) is 31.9 Å². The number of thioether (sulfide) groups is 1. The number of halogens is 1. The van der Waals surface area contributed by atoms with Gasteiger partial charge in [0.25, 0.3) is 5.91 Å². The highest BCUT2D eigenvalue weighted by molar-refractivity contribution is 7.98. The molecule has 1 aliphatic rings. The molecule has 0 aliphatic carbocycles. The van der Waals surface area contributed by atoms with Crippen LogP contribution in [0.4, 0.5) is 10.1 Å². The second-order valence-corrected chi connectivity index (χ2v) is 9.30. The lowest BCUT2D eigenvalue weighted by Gasteiger charge is -2.26. The molecular formula is C20H21FN2O6S2. The van der Waals surface area contributed by atoms with Crippen molar-refractivity contribution >= 4 is 39.3 Å². The molecule has 166 valence electrons. The molecule has 3 rings (SSSR count). The molecule has 31 heavy (non-hydrogen) atoms. The van der Waals surface area contributed by atoms with Crippen LogP contribution in [0.2, 0.25) is 0 Å². The van der Waals surface area contributed by atoms with Gasteiger partial charge in [-0.2, -0.15) is 4.31 Å². The van der Waals surface area contributed by atoms with Crippen LogP contribution in [0.5, 0.6) is 0 Å². The zero-order valence-corrected chi connectivity index (χ0v) is 18.3. The fraction of sp³-hybridized carbons (Fsp3) is 0.300. The number of ether oxygens (including phenoxy) is 2. The molecule has 0 bridgehead atoms. The molecule has 0 saturated carbocycles. The number of hydrogen-bond donors (Lipinski definition) is 1. The van der Waals surface area contributed by atoms with Crippen LogP contribution in [0.3, 0.4) is 0 Å². The van der Waals surface area contributed by atoms with Crippen LogP contribution in [0.1, 0.15) is 10.4 Å². The summed E-state index contributed by atoms with van der Waals surface area (Å²) in [5, 5.41) is 2.61. The monoisotopic (exact) mass is 468 g/mol. The first-order valence-electron chi connectivity index (χ1n) is 9.30. The SMILES string of the molecule is CSc1cccc(NC(=O)COC(=O)c2ccc(F)c(S(=O)(=O)N3CCOCC3)c2)c1. The van der Waals surface area contributed by atoms with Crippen molar-refractivity contribution < 1.29 is 31.9 Å². The number of carbonyl (C=O) groups excluding carboxylic acids is 2. The summed E-state index contributed by atoms with van der Waals surface area (Å²) in [4.78, 5) is 24.7. The van der Waals surface area contributed by atoms with E-state index in [0.717, 1.165) is 27.4 Å². The van der Waals surface area contributed by atoms with Gasteiger partial charge in [0.05, 0.1) is 18.8 Å². The summed E-state index contributed by atoms with van der Waals surface area (Å²) in [5.41, 5.74) is 0.374. The van der Waals surface area contributed by atoms with Crippen molar-refractivity contribution in [2.45, 2.75) is 9.79 Å². The first kappa shape index (κ1) is 23.2. The van der Waals surface area contributed by atoms with E-state index in [9.17, 15) is 22.4 Å². The minimum Gasteiger partial charge on any atom is -0.452 e. The Morgan fingerprint density at radius 1 is 1.19 bits per heavy atom. The van der Waals surface area contributed by atoms with Gasteiger partial charge in [0.1, 0.15) is 10.7 Å². The number of benzene rings is 2. The molecule has 1 aliphatic heterocycles. The Morgan fingerprint density at radius 2 is 1.94 bits per heavy atom. The molecule has 1 fully saturated rings. The molecule has 2 aromatic rings. The Labute approximate surface area is 183 Å². The molecule has 0 atom stereocenters. The molecule has 0 radical (unpaired) electrons. The summed E-state index contributed by atoms with van der Waals surface area (Å²) in [6.45, 7) is 0.0169. The highest BCUT2D eigenvalue weighted by Gasteiger charge is 2.30. The topological polar surface area (TPSA) is 102 Å². The minimum atomic E-state index is -4.14. The van der Waals surface area contributed by atoms with E-state index in [4.69, 9.17) is 9.47 Å². The lowest BCUT2D eigenvalue weighted by atomic mass is 10.2. The number of nitrogens with one attached hydrogen (secondary N) is 1. The Morgan fingerprint density at radius 3 is 2.65 bits per heavy atom. The molecule has 1 heterocycles. The normalized spacial score (nSPS) is 14.8. The molecule has 2 aromatic carbocycles. The van der Waals surface area contributed by atoms with E-state index in [1.807, 2.05) is 12.3 Å². The minimum absolute atomic E-state index is 0.0916. The van der Waals surface area contributed by atoms with Crippen molar-refractivity contribution in [3.05, 3.63) is 53.8 Å². The number of carbonyl (C=O) groups is 2. The maximum Gasteiger partial charge on any atom is 0.338 e. The smallest absolute Gasteiger partial charge is 0.338 e. The van der Waals surface area contributed by atoms with E-state index in [2.05, 4.69) is 5.32 Å². The van der Waals surface area contributed by atoms with Crippen molar-refractivity contribution in [1.29, 1.82) is 0 Å². The van der Waals surface area contributed by atoms with Crippen molar-refractivity contribution in [2.75, 3.05) is 44.5 Å². The maximum atomic E-state index is 14.2. The number of rotatable bonds is 7. The zero-order chi connectivity index (χ0) is 22.4. The van der Waals surface area contributed by atoms with Crippen molar-refractivity contribution in [2.24, 2.45) is 0 Å². The number of hydrogen-bond acceptors (Lipinski definition) is 7. The van der Waals surface area contributed by atoms with E-state index in [0.29, 0.717) is 5.69 Å². The Hall–Kier alpha value is -2.47. The number of anilines is 1. The summed E-state index contributed by atoms with van der Waals surface area (Å²) >= 11 is 1.51. The second kappa shape index (κ2) is 10.2. The summed E-state index contributed by atoms with van der Waals surface area (Å²) in [6, 6.07) is 10.0. The Balaban J connectivity index is 1.66. The fourth-order valence-corrected chi connectivity index (χ4v) is 4.82. The van der Waals surface area contributed by atoms with Crippen molar-refractivity contribution in [3.8, 4) is 0 Å². The highest BCUT2D eigenvalue weighted by atomic mass is 32.2. The molecule has 0 spiro atoms. The molecule has 1 saturated heterocycles. The fourth-order valence-electron chi connectivity index (χ4n) is 2.87. The Bertz CT molecular complexity index is 1070. The van der Waals surface area contributed by atoms with E-state index in [1.54, 1.807) is 18.2 Å². The van der Waals surface area contributed by atoms with Gasteiger partial charge in [-0.3, -0.25) is 4.79 Å². The number of esters is 1. The van der Waals surface area contributed by atoms with Gasteiger partial charge in [-0.15, -0.1) is 11.8 Å². The summed E-state index contributed by atoms with van der Waals surface area (Å²) in [6.07, 6.45) is 1.90. The van der Waals surface area contributed by atoms with Gasteiger partial charge in [-0.1, -0.05) is 6.07 Å². The highest BCUT2D eigenvalue weighted by Crippen LogP contribution is 2.22. The van der Waals surface area contributed by atoms with Gasteiger partial charge >= 0.3 is 5.97 Å². The van der Waals surface area contributed by atoms with Gasteiger partial charge < -0.3 is 14.8 Å². The van der Waals surface area contributed by atoms with Gasteiger partial charge in [-0.05, 0) is 42.7 Å². The van der Waals surface area contributed by atoms with Crippen LogP contribution in [0.25, 0.3) is 0 Å².